The molecule has 1 saturated heterocycles. The zero-order valence-corrected chi connectivity index (χ0v) is 10.6. The second-order valence-electron chi connectivity index (χ2n) is 4.67. The maximum Gasteiger partial charge on any atom is 0.237 e. The predicted octanol–water partition coefficient (Wildman–Crippen LogP) is 0.356. The maximum absolute atomic E-state index is 11.5. The lowest BCUT2D eigenvalue weighted by Crippen LogP contribution is -2.59. The van der Waals surface area contributed by atoms with Gasteiger partial charge >= 0.3 is 0 Å². The van der Waals surface area contributed by atoms with Gasteiger partial charge in [-0.25, -0.2) is 0 Å². The highest BCUT2D eigenvalue weighted by Gasteiger charge is 2.30. The van der Waals surface area contributed by atoms with Crippen LogP contribution in [-0.2, 0) is 4.79 Å². The van der Waals surface area contributed by atoms with E-state index in [1.54, 1.807) is 0 Å². The standard InChI is InChI=1S/C10H21N3O.ClH/c1-4-8-9(14)12-5-6-13(8)7-10(2,3)11;/h8H,4-7,11H2,1-3H3,(H,12,14);1H. The molecule has 1 aliphatic heterocycles. The summed E-state index contributed by atoms with van der Waals surface area (Å²) in [4.78, 5) is 13.7. The Morgan fingerprint density at radius 2 is 2.20 bits per heavy atom. The number of carbonyl (C=O) groups is 1. The van der Waals surface area contributed by atoms with Crippen LogP contribution in [-0.4, -0.2) is 42.0 Å². The minimum atomic E-state index is -0.231. The molecule has 3 N–H and O–H groups in total. The Morgan fingerprint density at radius 1 is 1.60 bits per heavy atom. The summed E-state index contributed by atoms with van der Waals surface area (Å²) in [5, 5.41) is 2.88. The lowest BCUT2D eigenvalue weighted by atomic mass is 10.0. The van der Waals surface area contributed by atoms with Crippen LogP contribution >= 0.6 is 12.4 Å². The van der Waals surface area contributed by atoms with Crippen LogP contribution in [0.5, 0.6) is 0 Å². The maximum atomic E-state index is 11.5. The molecule has 0 saturated carbocycles. The third-order valence-electron chi connectivity index (χ3n) is 2.44. The van der Waals surface area contributed by atoms with E-state index in [1.807, 2.05) is 20.8 Å². The predicted molar refractivity (Wildman–Crippen MR) is 64.2 cm³/mol. The second kappa shape index (κ2) is 5.68. The number of nitrogens with one attached hydrogen (secondary N) is 1. The summed E-state index contributed by atoms with van der Waals surface area (Å²) in [5.74, 6) is 0.142. The van der Waals surface area contributed by atoms with Gasteiger partial charge in [0.25, 0.3) is 0 Å². The van der Waals surface area contributed by atoms with Crippen LogP contribution in [0, 0.1) is 0 Å². The van der Waals surface area contributed by atoms with Gasteiger partial charge in [0.2, 0.25) is 5.91 Å². The first kappa shape index (κ1) is 14.7. The smallest absolute Gasteiger partial charge is 0.237 e. The zero-order chi connectivity index (χ0) is 10.8. The van der Waals surface area contributed by atoms with E-state index in [2.05, 4.69) is 10.2 Å². The largest absolute Gasteiger partial charge is 0.353 e. The molecule has 5 heteroatoms. The van der Waals surface area contributed by atoms with E-state index in [0.717, 1.165) is 26.1 Å². The molecule has 4 nitrogen and oxygen atoms in total. The van der Waals surface area contributed by atoms with E-state index < -0.39 is 0 Å². The van der Waals surface area contributed by atoms with Gasteiger partial charge in [0.05, 0.1) is 6.04 Å². The van der Waals surface area contributed by atoms with Crippen molar-refractivity contribution in [3.8, 4) is 0 Å². The first-order chi connectivity index (χ1) is 6.44. The summed E-state index contributed by atoms with van der Waals surface area (Å²) in [6.07, 6.45) is 0.849. The SMILES string of the molecule is CCC1C(=O)NCCN1CC(C)(C)N.Cl. The molecule has 1 amide bonds. The van der Waals surface area contributed by atoms with Crippen molar-refractivity contribution in [3.63, 3.8) is 0 Å². The summed E-state index contributed by atoms with van der Waals surface area (Å²) in [6.45, 7) is 8.44. The van der Waals surface area contributed by atoms with Crippen molar-refractivity contribution < 1.29 is 4.79 Å². The number of piperazine rings is 1. The minimum absolute atomic E-state index is 0. The van der Waals surface area contributed by atoms with Gasteiger partial charge in [0, 0.05) is 25.2 Å². The van der Waals surface area contributed by atoms with Crippen molar-refractivity contribution in [2.24, 2.45) is 5.73 Å². The topological polar surface area (TPSA) is 58.4 Å². The number of hydrogen-bond acceptors (Lipinski definition) is 3. The molecule has 1 heterocycles. The average molecular weight is 236 g/mol. The molecule has 0 aromatic rings. The van der Waals surface area contributed by atoms with E-state index in [-0.39, 0.29) is 29.9 Å². The van der Waals surface area contributed by atoms with Crippen LogP contribution < -0.4 is 11.1 Å². The third-order valence-corrected chi connectivity index (χ3v) is 2.44. The van der Waals surface area contributed by atoms with Gasteiger partial charge in [-0.3, -0.25) is 9.69 Å². The Hall–Kier alpha value is -0.320. The molecule has 1 unspecified atom stereocenters. The molecule has 0 bridgehead atoms. The lowest BCUT2D eigenvalue weighted by Gasteiger charge is -2.38. The van der Waals surface area contributed by atoms with Crippen molar-refractivity contribution >= 4 is 18.3 Å². The summed E-state index contributed by atoms with van der Waals surface area (Å²) in [5.41, 5.74) is 5.72. The molecule has 1 aliphatic rings. The molecule has 0 aromatic carbocycles. The first-order valence-corrected chi connectivity index (χ1v) is 5.24. The molecule has 90 valence electrons. The summed E-state index contributed by atoms with van der Waals surface area (Å²) in [6, 6.07) is 0.00609. The minimum Gasteiger partial charge on any atom is -0.353 e. The number of halogens is 1. The van der Waals surface area contributed by atoms with Crippen LogP contribution in [0.3, 0.4) is 0 Å². The average Bonchev–Trinajstić information content (AvgIpc) is 2.01. The fourth-order valence-corrected chi connectivity index (χ4v) is 1.92. The van der Waals surface area contributed by atoms with Crippen molar-refractivity contribution in [2.75, 3.05) is 19.6 Å². The molecule has 1 fully saturated rings. The van der Waals surface area contributed by atoms with Gasteiger partial charge in [-0.05, 0) is 20.3 Å². The van der Waals surface area contributed by atoms with Gasteiger partial charge in [-0.2, -0.15) is 0 Å². The van der Waals surface area contributed by atoms with Crippen molar-refractivity contribution in [3.05, 3.63) is 0 Å². The van der Waals surface area contributed by atoms with Crippen LogP contribution in [0.25, 0.3) is 0 Å². The number of hydrogen-bond donors (Lipinski definition) is 2. The molecule has 1 rings (SSSR count). The Bertz CT molecular complexity index is 215. The molecule has 0 aromatic heterocycles. The van der Waals surface area contributed by atoms with Gasteiger partial charge in [0.15, 0.2) is 0 Å². The normalized spacial score (nSPS) is 23.2. The Morgan fingerprint density at radius 3 is 2.67 bits per heavy atom. The summed E-state index contributed by atoms with van der Waals surface area (Å²) >= 11 is 0. The van der Waals surface area contributed by atoms with Gasteiger partial charge in [0.1, 0.15) is 0 Å². The van der Waals surface area contributed by atoms with Crippen LogP contribution in [0.15, 0.2) is 0 Å². The summed E-state index contributed by atoms with van der Waals surface area (Å²) < 4.78 is 0. The molecular weight excluding hydrogens is 214 g/mol. The zero-order valence-electron chi connectivity index (χ0n) is 9.75. The van der Waals surface area contributed by atoms with Gasteiger partial charge in [-0.1, -0.05) is 6.92 Å². The van der Waals surface area contributed by atoms with Gasteiger partial charge in [-0.15, -0.1) is 12.4 Å². The van der Waals surface area contributed by atoms with Crippen LogP contribution in [0.4, 0.5) is 0 Å². The molecule has 0 aliphatic carbocycles. The highest BCUT2D eigenvalue weighted by atomic mass is 35.5. The number of carbonyl (C=O) groups excluding carboxylic acids is 1. The van der Waals surface area contributed by atoms with Crippen molar-refractivity contribution in [2.45, 2.75) is 38.8 Å². The second-order valence-corrected chi connectivity index (χ2v) is 4.67. The first-order valence-electron chi connectivity index (χ1n) is 5.24. The van der Waals surface area contributed by atoms with Crippen LogP contribution in [0.2, 0.25) is 0 Å². The number of nitrogens with two attached hydrogens (primary N) is 1. The fraction of sp³-hybridized carbons (Fsp3) is 0.900. The number of rotatable bonds is 3. The molecular formula is C10H22ClN3O. The van der Waals surface area contributed by atoms with Crippen molar-refractivity contribution in [1.82, 2.24) is 10.2 Å². The lowest BCUT2D eigenvalue weighted by molar-refractivity contribution is -0.129. The van der Waals surface area contributed by atoms with Crippen LogP contribution in [0.1, 0.15) is 27.2 Å². The van der Waals surface area contributed by atoms with Gasteiger partial charge < -0.3 is 11.1 Å². The van der Waals surface area contributed by atoms with Crippen molar-refractivity contribution in [1.29, 1.82) is 0 Å². The Labute approximate surface area is 98.0 Å². The molecule has 0 spiro atoms. The molecule has 1 atom stereocenters. The molecule has 15 heavy (non-hydrogen) atoms. The Kier molecular flexibility index (Phi) is 5.56. The van der Waals surface area contributed by atoms with E-state index in [1.165, 1.54) is 0 Å². The monoisotopic (exact) mass is 235 g/mol. The highest BCUT2D eigenvalue weighted by molar-refractivity contribution is 5.85. The highest BCUT2D eigenvalue weighted by Crippen LogP contribution is 2.11. The van der Waals surface area contributed by atoms with E-state index in [9.17, 15) is 4.79 Å². The molecule has 0 radical (unpaired) electrons. The fourth-order valence-electron chi connectivity index (χ4n) is 1.92. The van der Waals surface area contributed by atoms with E-state index in [4.69, 9.17) is 5.73 Å². The number of nitrogens with zero attached hydrogens (tertiary/aromatic N) is 1. The summed E-state index contributed by atoms with van der Waals surface area (Å²) in [7, 11) is 0. The van der Waals surface area contributed by atoms with E-state index in [0.29, 0.717) is 0 Å². The quantitative estimate of drug-likeness (QED) is 0.743. The Balaban J connectivity index is 0.00000196. The number of amides is 1. The third kappa shape index (κ3) is 4.36. The van der Waals surface area contributed by atoms with E-state index >= 15 is 0 Å².